The third-order valence-corrected chi connectivity index (χ3v) is 4.02. The molecule has 2 aromatic rings. The maximum absolute atomic E-state index is 12.6. The summed E-state index contributed by atoms with van der Waals surface area (Å²) in [6.07, 6.45) is 0.566. The lowest BCUT2D eigenvalue weighted by Crippen LogP contribution is -2.32. The maximum atomic E-state index is 12.6. The van der Waals surface area contributed by atoms with E-state index in [0.717, 1.165) is 11.3 Å². The first-order chi connectivity index (χ1) is 14.0. The van der Waals surface area contributed by atoms with Crippen LogP contribution in [0.15, 0.2) is 41.4 Å². The average Bonchev–Trinajstić information content (AvgIpc) is 2.72. The lowest BCUT2D eigenvalue weighted by Gasteiger charge is -2.15. The number of nitrogens with one attached hydrogen (secondary N) is 2. The Kier molecular flexibility index (Phi) is 8.32. The van der Waals surface area contributed by atoms with E-state index in [1.165, 1.54) is 13.2 Å². The number of benzene rings is 2. The van der Waals surface area contributed by atoms with Crippen molar-refractivity contribution in [3.8, 4) is 23.0 Å². The Hall–Kier alpha value is -3.23. The van der Waals surface area contributed by atoms with E-state index in [1.54, 1.807) is 45.5 Å². The summed E-state index contributed by atoms with van der Waals surface area (Å²) in [4.78, 5) is 4.18. The third kappa shape index (κ3) is 6.41. The minimum absolute atomic E-state index is 0.00725. The molecule has 0 aromatic heterocycles. The molecule has 0 atom stereocenters. The number of ether oxygens (including phenoxy) is 4. The van der Waals surface area contributed by atoms with Gasteiger partial charge in [-0.25, -0.2) is 0 Å². The molecule has 9 heteroatoms. The highest BCUT2D eigenvalue weighted by Gasteiger charge is 2.11. The molecule has 0 fully saturated rings. The minimum atomic E-state index is -2.92. The van der Waals surface area contributed by atoms with E-state index in [0.29, 0.717) is 30.4 Å². The average molecular weight is 409 g/mol. The number of alkyl halides is 2. The van der Waals surface area contributed by atoms with E-state index in [1.807, 2.05) is 6.07 Å². The lowest BCUT2D eigenvalue weighted by molar-refractivity contribution is -0.0512. The van der Waals surface area contributed by atoms with E-state index < -0.39 is 6.61 Å². The van der Waals surface area contributed by atoms with Gasteiger partial charge in [0.15, 0.2) is 29.0 Å². The highest BCUT2D eigenvalue weighted by molar-refractivity contribution is 5.93. The molecule has 7 nitrogen and oxygen atoms in total. The Morgan fingerprint density at radius 1 is 0.931 bits per heavy atom. The van der Waals surface area contributed by atoms with Crippen molar-refractivity contribution < 1.29 is 27.7 Å². The van der Waals surface area contributed by atoms with Crippen LogP contribution in [0, 0.1) is 0 Å². The van der Waals surface area contributed by atoms with Crippen molar-refractivity contribution in [1.29, 1.82) is 0 Å². The van der Waals surface area contributed by atoms with Crippen molar-refractivity contribution in [2.45, 2.75) is 13.0 Å². The second-order valence-corrected chi connectivity index (χ2v) is 5.81. The number of halogens is 2. The van der Waals surface area contributed by atoms with E-state index in [4.69, 9.17) is 14.2 Å². The molecule has 0 bridgehead atoms. The first-order valence-corrected chi connectivity index (χ1v) is 8.82. The van der Waals surface area contributed by atoms with Gasteiger partial charge >= 0.3 is 6.61 Å². The van der Waals surface area contributed by atoms with Crippen molar-refractivity contribution in [2.75, 3.05) is 40.2 Å². The molecule has 2 rings (SSSR count). The van der Waals surface area contributed by atoms with Crippen molar-refractivity contribution in [3.05, 3.63) is 42.0 Å². The molecule has 0 unspecified atom stereocenters. The summed E-state index contributed by atoms with van der Waals surface area (Å²) in [5, 5.41) is 6.32. The monoisotopic (exact) mass is 409 g/mol. The highest BCUT2D eigenvalue weighted by atomic mass is 19.3. The van der Waals surface area contributed by atoms with Gasteiger partial charge < -0.3 is 29.6 Å². The van der Waals surface area contributed by atoms with Crippen molar-refractivity contribution >= 4 is 11.6 Å². The first kappa shape index (κ1) is 22.1. The summed E-state index contributed by atoms with van der Waals surface area (Å²) < 4.78 is 45.2. The van der Waals surface area contributed by atoms with Gasteiger partial charge in [0.2, 0.25) is 0 Å². The molecule has 29 heavy (non-hydrogen) atoms. The molecule has 0 radical (unpaired) electrons. The normalized spacial score (nSPS) is 11.2. The maximum Gasteiger partial charge on any atom is 0.387 e. The fourth-order valence-electron chi connectivity index (χ4n) is 2.62. The molecular weight excluding hydrogens is 384 g/mol. The first-order valence-electron chi connectivity index (χ1n) is 8.82. The largest absolute Gasteiger partial charge is 0.493 e. The fraction of sp³-hybridized carbons (Fsp3) is 0.350. The van der Waals surface area contributed by atoms with Crippen LogP contribution in [-0.4, -0.2) is 47.5 Å². The third-order valence-electron chi connectivity index (χ3n) is 4.02. The van der Waals surface area contributed by atoms with E-state index in [-0.39, 0.29) is 11.5 Å². The van der Waals surface area contributed by atoms with E-state index >= 15 is 0 Å². The van der Waals surface area contributed by atoms with Gasteiger partial charge in [0.05, 0.1) is 21.3 Å². The van der Waals surface area contributed by atoms with Crippen molar-refractivity contribution in [1.82, 2.24) is 5.32 Å². The Labute approximate surface area is 168 Å². The topological polar surface area (TPSA) is 73.3 Å². The molecule has 0 saturated heterocycles. The number of guanidine groups is 1. The second kappa shape index (κ2) is 10.9. The van der Waals surface area contributed by atoms with Crippen LogP contribution in [0.3, 0.4) is 0 Å². The zero-order valence-electron chi connectivity index (χ0n) is 16.8. The Bertz CT molecular complexity index is 831. The molecule has 0 heterocycles. The molecule has 0 aliphatic rings. The van der Waals surface area contributed by atoms with Crippen LogP contribution in [0.25, 0.3) is 0 Å². The summed E-state index contributed by atoms with van der Waals surface area (Å²) >= 11 is 0. The Morgan fingerprint density at radius 2 is 1.59 bits per heavy atom. The quantitative estimate of drug-likeness (QED) is 0.488. The molecular formula is C20H25F2N3O4. The number of rotatable bonds is 9. The lowest BCUT2D eigenvalue weighted by atomic mass is 10.1. The van der Waals surface area contributed by atoms with Crippen LogP contribution >= 0.6 is 0 Å². The number of hydrogen-bond donors (Lipinski definition) is 2. The van der Waals surface area contributed by atoms with Gasteiger partial charge in [-0.15, -0.1) is 0 Å². The molecule has 158 valence electrons. The van der Waals surface area contributed by atoms with Crippen molar-refractivity contribution in [2.24, 2.45) is 4.99 Å². The van der Waals surface area contributed by atoms with Crippen LogP contribution in [0.1, 0.15) is 5.56 Å². The molecule has 0 aliphatic carbocycles. The van der Waals surface area contributed by atoms with Gasteiger partial charge in [-0.1, -0.05) is 6.07 Å². The highest BCUT2D eigenvalue weighted by Crippen LogP contribution is 2.30. The van der Waals surface area contributed by atoms with Crippen LogP contribution in [0.2, 0.25) is 0 Å². The minimum Gasteiger partial charge on any atom is -0.493 e. The fourth-order valence-corrected chi connectivity index (χ4v) is 2.62. The predicted octanol–water partition coefficient (Wildman–Crippen LogP) is 3.54. The SMILES string of the molecule is CN=C(NCCc1ccc(OC)c(OC(F)F)c1)Nc1ccc(OC)c(OC)c1. The number of nitrogens with zero attached hydrogens (tertiary/aromatic N) is 1. The molecule has 0 aliphatic heterocycles. The zero-order valence-corrected chi connectivity index (χ0v) is 16.8. The number of methoxy groups -OCH3 is 3. The van der Waals surface area contributed by atoms with Gasteiger partial charge in [0.25, 0.3) is 0 Å². The van der Waals surface area contributed by atoms with Gasteiger partial charge in [0, 0.05) is 25.3 Å². The van der Waals surface area contributed by atoms with Crippen molar-refractivity contribution in [3.63, 3.8) is 0 Å². The van der Waals surface area contributed by atoms with Crippen LogP contribution in [0.5, 0.6) is 23.0 Å². The summed E-state index contributed by atoms with van der Waals surface area (Å²) in [5.41, 5.74) is 1.59. The summed E-state index contributed by atoms with van der Waals surface area (Å²) in [6, 6.07) is 10.4. The summed E-state index contributed by atoms with van der Waals surface area (Å²) in [5.74, 6) is 2.04. The zero-order chi connectivity index (χ0) is 21.2. The molecule has 0 saturated carbocycles. The van der Waals surface area contributed by atoms with Gasteiger partial charge in [-0.05, 0) is 36.2 Å². The Morgan fingerprint density at radius 3 is 2.21 bits per heavy atom. The molecule has 2 aromatic carbocycles. The summed E-state index contributed by atoms with van der Waals surface area (Å²) in [7, 11) is 6.19. The second-order valence-electron chi connectivity index (χ2n) is 5.81. The Balaban J connectivity index is 1.96. The van der Waals surface area contributed by atoms with Gasteiger partial charge in [0.1, 0.15) is 0 Å². The van der Waals surface area contributed by atoms with Crippen LogP contribution < -0.4 is 29.6 Å². The summed E-state index contributed by atoms with van der Waals surface area (Å²) in [6.45, 7) is -2.39. The van der Waals surface area contributed by atoms with E-state index in [2.05, 4.69) is 20.4 Å². The van der Waals surface area contributed by atoms with Crippen LogP contribution in [0.4, 0.5) is 14.5 Å². The number of hydrogen-bond acceptors (Lipinski definition) is 5. The molecule has 2 N–H and O–H groups in total. The van der Waals surface area contributed by atoms with Gasteiger partial charge in [-0.3, -0.25) is 4.99 Å². The molecule has 0 amide bonds. The smallest absolute Gasteiger partial charge is 0.387 e. The standard InChI is InChI=1S/C20H25F2N3O4/c1-23-20(25-14-6-8-15(26-2)17(12-14)28-4)24-10-9-13-5-7-16(27-3)18(11-13)29-19(21)22/h5-8,11-12,19H,9-10H2,1-4H3,(H2,23,24,25). The predicted molar refractivity (Wildman–Crippen MR) is 108 cm³/mol. The van der Waals surface area contributed by atoms with Crippen LogP contribution in [-0.2, 0) is 6.42 Å². The van der Waals surface area contributed by atoms with E-state index in [9.17, 15) is 8.78 Å². The number of anilines is 1. The van der Waals surface area contributed by atoms with Gasteiger partial charge in [-0.2, -0.15) is 8.78 Å². The molecule has 0 spiro atoms. The number of aliphatic imine (C=N–C) groups is 1.